The van der Waals surface area contributed by atoms with Gasteiger partial charge in [0.2, 0.25) is 0 Å². The van der Waals surface area contributed by atoms with Crippen LogP contribution in [0.2, 0.25) is 5.02 Å². The van der Waals surface area contributed by atoms with E-state index in [0.29, 0.717) is 0 Å². The number of hydrogen-bond acceptors (Lipinski definition) is 1. The quantitative estimate of drug-likeness (QED) is 0.819. The molecule has 0 heterocycles. The summed E-state index contributed by atoms with van der Waals surface area (Å²) in [5.41, 5.74) is 4.81. The van der Waals surface area contributed by atoms with E-state index < -0.39 is 24.5 Å². The molecule has 0 bridgehead atoms. The molecule has 1 nitrogen and oxygen atoms in total. The number of halogens is 5. The molecule has 0 aliphatic heterocycles. The lowest BCUT2D eigenvalue weighted by atomic mass is 10.0. The van der Waals surface area contributed by atoms with Crippen LogP contribution in [-0.2, 0) is 6.18 Å². The van der Waals surface area contributed by atoms with Crippen molar-refractivity contribution < 1.29 is 17.6 Å². The first-order valence-corrected chi connectivity index (χ1v) is 4.92. The molecule has 0 amide bonds. The van der Waals surface area contributed by atoms with E-state index in [-0.39, 0.29) is 17.0 Å². The molecule has 0 saturated heterocycles. The van der Waals surface area contributed by atoms with Gasteiger partial charge in [-0.2, -0.15) is 13.2 Å². The zero-order chi connectivity index (χ0) is 12.3. The van der Waals surface area contributed by atoms with Crippen LogP contribution in [0.1, 0.15) is 23.6 Å². The Kier molecular flexibility index (Phi) is 4.15. The van der Waals surface area contributed by atoms with Crippen LogP contribution in [0.4, 0.5) is 17.6 Å². The molecule has 90 valence electrons. The molecule has 0 fully saturated rings. The van der Waals surface area contributed by atoms with E-state index in [2.05, 4.69) is 0 Å². The largest absolute Gasteiger partial charge is 0.416 e. The van der Waals surface area contributed by atoms with Crippen molar-refractivity contribution in [3.05, 3.63) is 34.3 Å². The van der Waals surface area contributed by atoms with E-state index in [0.717, 1.165) is 18.2 Å². The summed E-state index contributed by atoms with van der Waals surface area (Å²) < 4.78 is 49.2. The van der Waals surface area contributed by atoms with Gasteiger partial charge in [0, 0.05) is 11.1 Å². The van der Waals surface area contributed by atoms with Crippen LogP contribution in [0.25, 0.3) is 0 Å². The second kappa shape index (κ2) is 5.01. The normalized spacial score (nSPS) is 13.9. The Labute approximate surface area is 95.2 Å². The minimum Gasteiger partial charge on any atom is -0.324 e. The molecule has 0 radical (unpaired) electrons. The minimum atomic E-state index is -4.45. The van der Waals surface area contributed by atoms with Gasteiger partial charge in [-0.25, -0.2) is 0 Å². The first-order valence-electron chi connectivity index (χ1n) is 4.54. The zero-order valence-corrected chi connectivity index (χ0v) is 8.95. The van der Waals surface area contributed by atoms with E-state index in [1.54, 1.807) is 0 Å². The number of benzene rings is 1. The van der Waals surface area contributed by atoms with Gasteiger partial charge < -0.3 is 5.73 Å². The highest BCUT2D eigenvalue weighted by atomic mass is 35.5. The van der Waals surface area contributed by atoms with Gasteiger partial charge in [0.15, 0.2) is 0 Å². The molecular weight excluding hydrogens is 246 g/mol. The summed E-state index contributed by atoms with van der Waals surface area (Å²) in [7, 11) is 0. The lowest BCUT2D eigenvalue weighted by Crippen LogP contribution is -2.13. The number of hydrogen-bond donors (Lipinski definition) is 1. The van der Waals surface area contributed by atoms with Crippen molar-refractivity contribution in [1.29, 1.82) is 0 Å². The molecule has 0 saturated carbocycles. The van der Waals surface area contributed by atoms with Crippen LogP contribution in [0.15, 0.2) is 18.2 Å². The van der Waals surface area contributed by atoms with Crippen LogP contribution >= 0.6 is 11.6 Å². The average Bonchev–Trinajstić information content (AvgIpc) is 2.16. The Balaban J connectivity index is 3.09. The Morgan fingerprint density at radius 3 is 2.44 bits per heavy atom. The van der Waals surface area contributed by atoms with Crippen LogP contribution < -0.4 is 5.73 Å². The van der Waals surface area contributed by atoms with Gasteiger partial charge in [0.1, 0.15) is 0 Å². The smallest absolute Gasteiger partial charge is 0.324 e. The number of nitrogens with two attached hydrogens (primary N) is 1. The molecule has 1 rings (SSSR count). The SMILES string of the molecule is N[C@H](CCF)c1cc(C(F)(F)F)ccc1Cl. The third kappa shape index (κ3) is 3.09. The van der Waals surface area contributed by atoms with Gasteiger partial charge >= 0.3 is 6.18 Å². The van der Waals surface area contributed by atoms with Crippen molar-refractivity contribution in [2.24, 2.45) is 5.73 Å². The predicted octanol–water partition coefficient (Wildman–Crippen LogP) is 3.72. The van der Waals surface area contributed by atoms with Crippen LogP contribution in [0.5, 0.6) is 0 Å². The maximum absolute atomic E-state index is 12.4. The molecule has 0 aliphatic carbocycles. The van der Waals surface area contributed by atoms with Crippen molar-refractivity contribution >= 4 is 11.6 Å². The second-order valence-corrected chi connectivity index (χ2v) is 3.73. The zero-order valence-electron chi connectivity index (χ0n) is 8.19. The Bertz CT molecular complexity index is 364. The molecule has 1 atom stereocenters. The van der Waals surface area contributed by atoms with Gasteiger partial charge in [0.25, 0.3) is 0 Å². The highest BCUT2D eigenvalue weighted by Gasteiger charge is 2.31. The summed E-state index contributed by atoms with van der Waals surface area (Å²) in [5, 5.41) is 0.119. The van der Waals surface area contributed by atoms with Crippen molar-refractivity contribution in [3.8, 4) is 0 Å². The summed E-state index contributed by atoms with van der Waals surface area (Å²) >= 11 is 5.71. The highest BCUT2D eigenvalue weighted by Crippen LogP contribution is 2.33. The second-order valence-electron chi connectivity index (χ2n) is 3.32. The summed E-state index contributed by atoms with van der Waals surface area (Å²) in [4.78, 5) is 0. The molecule has 1 aromatic carbocycles. The van der Waals surface area contributed by atoms with Crippen molar-refractivity contribution in [2.75, 3.05) is 6.67 Å². The van der Waals surface area contributed by atoms with E-state index in [1.807, 2.05) is 0 Å². The average molecular weight is 256 g/mol. The Morgan fingerprint density at radius 2 is 1.94 bits per heavy atom. The fourth-order valence-electron chi connectivity index (χ4n) is 1.28. The number of rotatable bonds is 3. The van der Waals surface area contributed by atoms with Crippen LogP contribution in [-0.4, -0.2) is 6.67 Å². The van der Waals surface area contributed by atoms with Gasteiger partial charge in [-0.05, 0) is 30.2 Å². The summed E-state index contributed by atoms with van der Waals surface area (Å²) in [6.07, 6.45) is -4.50. The molecular formula is C10H10ClF4N. The maximum atomic E-state index is 12.4. The summed E-state index contributed by atoms with van der Waals surface area (Å²) in [5.74, 6) is 0. The third-order valence-electron chi connectivity index (χ3n) is 2.14. The van der Waals surface area contributed by atoms with Gasteiger partial charge in [0.05, 0.1) is 12.2 Å². The molecule has 0 unspecified atom stereocenters. The summed E-state index contributed by atoms with van der Waals surface area (Å²) in [6, 6.07) is 2.04. The molecule has 6 heteroatoms. The Hall–Kier alpha value is -0.810. The maximum Gasteiger partial charge on any atom is 0.416 e. The fraction of sp³-hybridized carbons (Fsp3) is 0.400. The molecule has 2 N–H and O–H groups in total. The summed E-state index contributed by atoms with van der Waals surface area (Å²) in [6.45, 7) is -0.701. The van der Waals surface area contributed by atoms with Gasteiger partial charge in [-0.15, -0.1) is 0 Å². The van der Waals surface area contributed by atoms with E-state index in [1.165, 1.54) is 0 Å². The molecule has 0 aliphatic rings. The fourth-order valence-corrected chi connectivity index (χ4v) is 1.53. The van der Waals surface area contributed by atoms with Gasteiger partial charge in [-0.1, -0.05) is 11.6 Å². The lowest BCUT2D eigenvalue weighted by molar-refractivity contribution is -0.137. The standard InChI is InChI=1S/C10H10ClF4N/c11-8-2-1-6(10(13,14)15)5-7(8)9(16)3-4-12/h1-2,5,9H,3-4,16H2/t9-/m1/s1. The van der Waals surface area contributed by atoms with Crippen molar-refractivity contribution in [1.82, 2.24) is 0 Å². The predicted molar refractivity (Wildman–Crippen MR) is 54.0 cm³/mol. The molecule has 0 spiro atoms. The molecule has 0 aromatic heterocycles. The third-order valence-corrected chi connectivity index (χ3v) is 2.49. The van der Waals surface area contributed by atoms with E-state index >= 15 is 0 Å². The monoisotopic (exact) mass is 255 g/mol. The molecule has 16 heavy (non-hydrogen) atoms. The first kappa shape index (κ1) is 13.3. The van der Waals surface area contributed by atoms with Gasteiger partial charge in [-0.3, -0.25) is 4.39 Å². The minimum absolute atomic E-state index is 0.0545. The lowest BCUT2D eigenvalue weighted by Gasteiger charge is -2.14. The Morgan fingerprint density at radius 1 is 1.31 bits per heavy atom. The van der Waals surface area contributed by atoms with E-state index in [4.69, 9.17) is 17.3 Å². The van der Waals surface area contributed by atoms with Crippen molar-refractivity contribution in [2.45, 2.75) is 18.6 Å². The van der Waals surface area contributed by atoms with Crippen LogP contribution in [0, 0.1) is 0 Å². The topological polar surface area (TPSA) is 26.0 Å². The van der Waals surface area contributed by atoms with E-state index in [9.17, 15) is 17.6 Å². The highest BCUT2D eigenvalue weighted by molar-refractivity contribution is 6.31. The van der Waals surface area contributed by atoms with Crippen molar-refractivity contribution in [3.63, 3.8) is 0 Å². The number of alkyl halides is 4. The van der Waals surface area contributed by atoms with Crippen LogP contribution in [0.3, 0.4) is 0 Å². The molecule has 1 aromatic rings. The first-order chi connectivity index (χ1) is 7.36.